The first-order valence-corrected chi connectivity index (χ1v) is 16.6. The summed E-state index contributed by atoms with van der Waals surface area (Å²) in [7, 11) is 3.13. The molecule has 0 saturated heterocycles. The number of pyridine rings is 2. The third kappa shape index (κ3) is 6.02. The maximum absolute atomic E-state index is 13.1. The fraction of sp³-hybridized carbons (Fsp3) is 0.0930. The highest BCUT2D eigenvalue weighted by Gasteiger charge is 2.27. The van der Waals surface area contributed by atoms with E-state index in [1.165, 1.54) is 0 Å². The first-order valence-electron chi connectivity index (χ1n) is 16.6. The molecular formula is C43H37N5O3. The van der Waals surface area contributed by atoms with E-state index in [4.69, 9.17) is 36.6 Å². The van der Waals surface area contributed by atoms with E-state index in [1.807, 2.05) is 103 Å². The number of carbonyl (C=O) groups is 1. The van der Waals surface area contributed by atoms with Crippen molar-refractivity contribution in [1.29, 1.82) is 0 Å². The van der Waals surface area contributed by atoms with Crippen LogP contribution < -0.4 is 26.7 Å². The number of ketones is 1. The van der Waals surface area contributed by atoms with Crippen LogP contribution in [0, 0.1) is 0 Å². The van der Waals surface area contributed by atoms with Gasteiger partial charge in [-0.2, -0.15) is 0 Å². The lowest BCUT2D eigenvalue weighted by Gasteiger charge is -2.20. The largest absolute Gasteiger partial charge is 0.494 e. The van der Waals surface area contributed by atoms with E-state index in [2.05, 4.69) is 24.3 Å². The fourth-order valence-electron chi connectivity index (χ4n) is 6.59. The number of fused-ring (bicyclic) bond motifs is 4. The highest BCUT2D eigenvalue weighted by molar-refractivity contribution is 6.20. The van der Waals surface area contributed by atoms with Gasteiger partial charge < -0.3 is 26.7 Å². The van der Waals surface area contributed by atoms with Crippen LogP contribution in [0.3, 0.4) is 0 Å². The predicted octanol–water partition coefficient (Wildman–Crippen LogP) is 8.82. The van der Waals surface area contributed by atoms with Crippen LogP contribution in [0.5, 0.6) is 11.5 Å². The molecule has 0 amide bonds. The van der Waals surface area contributed by atoms with Gasteiger partial charge in [0, 0.05) is 38.4 Å². The highest BCUT2D eigenvalue weighted by atomic mass is 16.5. The standard InChI is InChI=1S/C24H23N3O3.C19H14N2/c1-13(25)23(28)19-20(26)24(30-3)18(14-8-5-4-6-9-14)16-12-15-10-7-11-17(29-2)21(15)27-22(16)19;20-16-10-11-18-15(19(16)13-6-2-1-3-7-13)12-14-8-4-5-9-17(14)21-18/h4-13H,25-26H2,1-3H3;1-12H,20H2/t13-;/m0./s1. The lowest BCUT2D eigenvalue weighted by atomic mass is 9.91. The SMILES string of the molecule is COc1c(N)c(C(=O)[C@H](C)N)c2nc3c(OC)cccc3cc2c1-c1ccccc1.Nc1ccc2nc3ccccc3cc2c1-c1ccccc1. The molecule has 6 N–H and O–H groups in total. The van der Waals surface area contributed by atoms with Crippen molar-refractivity contribution in [2.75, 3.05) is 25.7 Å². The molecule has 0 radical (unpaired) electrons. The third-order valence-corrected chi connectivity index (χ3v) is 9.00. The molecule has 252 valence electrons. The minimum Gasteiger partial charge on any atom is -0.494 e. The molecular weight excluding hydrogens is 635 g/mol. The van der Waals surface area contributed by atoms with Gasteiger partial charge in [-0.15, -0.1) is 0 Å². The number of hydrogen-bond donors (Lipinski definition) is 3. The van der Waals surface area contributed by atoms with Crippen LogP contribution in [0.25, 0.3) is 65.9 Å². The maximum Gasteiger partial charge on any atom is 0.183 e. The number of methoxy groups -OCH3 is 2. The Balaban J connectivity index is 0.000000169. The van der Waals surface area contributed by atoms with Crippen molar-refractivity contribution in [3.05, 3.63) is 133 Å². The molecule has 8 rings (SSSR count). The summed E-state index contributed by atoms with van der Waals surface area (Å²) in [4.78, 5) is 22.6. The molecule has 8 nitrogen and oxygen atoms in total. The van der Waals surface area contributed by atoms with Crippen molar-refractivity contribution in [3.63, 3.8) is 0 Å². The van der Waals surface area contributed by atoms with Crippen LogP contribution in [0.2, 0.25) is 0 Å². The van der Waals surface area contributed by atoms with E-state index >= 15 is 0 Å². The summed E-state index contributed by atoms with van der Waals surface area (Å²) in [5, 5.41) is 3.87. The van der Waals surface area contributed by atoms with Gasteiger partial charge in [0.25, 0.3) is 0 Å². The number of nitrogens with two attached hydrogens (primary N) is 3. The summed E-state index contributed by atoms with van der Waals surface area (Å²) in [6.45, 7) is 1.63. The Morgan fingerprint density at radius 3 is 1.92 bits per heavy atom. The zero-order valence-corrected chi connectivity index (χ0v) is 28.6. The number of para-hydroxylation sites is 2. The number of benzene rings is 6. The van der Waals surface area contributed by atoms with Crippen LogP contribution >= 0.6 is 0 Å². The summed E-state index contributed by atoms with van der Waals surface area (Å²) in [6.07, 6.45) is 0. The van der Waals surface area contributed by atoms with Gasteiger partial charge in [-0.05, 0) is 54.4 Å². The summed E-state index contributed by atoms with van der Waals surface area (Å²) < 4.78 is 11.2. The van der Waals surface area contributed by atoms with E-state index in [0.717, 1.165) is 60.5 Å². The van der Waals surface area contributed by atoms with Crippen LogP contribution in [0.4, 0.5) is 11.4 Å². The number of ether oxygens (including phenoxy) is 2. The molecule has 0 bridgehead atoms. The van der Waals surface area contributed by atoms with Gasteiger partial charge in [0.1, 0.15) is 11.3 Å². The second kappa shape index (κ2) is 13.8. The Hall–Kier alpha value is -6.51. The Kier molecular flexibility index (Phi) is 8.92. The average molecular weight is 672 g/mol. The predicted molar refractivity (Wildman–Crippen MR) is 209 cm³/mol. The highest BCUT2D eigenvalue weighted by Crippen LogP contribution is 2.45. The first-order chi connectivity index (χ1) is 24.8. The van der Waals surface area contributed by atoms with Crippen molar-refractivity contribution >= 4 is 60.8 Å². The lowest BCUT2D eigenvalue weighted by Crippen LogP contribution is -2.28. The molecule has 1 atom stereocenters. The van der Waals surface area contributed by atoms with Gasteiger partial charge in [0.15, 0.2) is 11.5 Å². The van der Waals surface area contributed by atoms with E-state index in [1.54, 1.807) is 21.1 Å². The van der Waals surface area contributed by atoms with Crippen molar-refractivity contribution in [2.45, 2.75) is 13.0 Å². The summed E-state index contributed by atoms with van der Waals surface area (Å²) in [5.41, 5.74) is 26.9. The van der Waals surface area contributed by atoms with Crippen LogP contribution in [0.15, 0.2) is 127 Å². The van der Waals surface area contributed by atoms with Crippen molar-refractivity contribution in [2.24, 2.45) is 5.73 Å². The number of carbonyl (C=O) groups excluding carboxylic acids is 1. The maximum atomic E-state index is 13.1. The zero-order chi connectivity index (χ0) is 35.6. The topological polar surface area (TPSA) is 139 Å². The number of Topliss-reactive ketones (excluding diaryl/α,β-unsaturated/α-hetero) is 1. The van der Waals surface area contributed by atoms with Gasteiger partial charge in [0.2, 0.25) is 0 Å². The van der Waals surface area contributed by atoms with Crippen LogP contribution in [0.1, 0.15) is 17.3 Å². The summed E-state index contributed by atoms with van der Waals surface area (Å²) in [6, 6.07) is 41.2. The second-order valence-corrected chi connectivity index (χ2v) is 12.3. The summed E-state index contributed by atoms with van der Waals surface area (Å²) >= 11 is 0. The molecule has 8 aromatic rings. The fourth-order valence-corrected chi connectivity index (χ4v) is 6.59. The molecule has 51 heavy (non-hydrogen) atoms. The van der Waals surface area contributed by atoms with Gasteiger partial charge in [0.05, 0.1) is 48.1 Å². The van der Waals surface area contributed by atoms with Crippen molar-refractivity contribution in [1.82, 2.24) is 9.97 Å². The van der Waals surface area contributed by atoms with E-state index in [-0.39, 0.29) is 17.0 Å². The second-order valence-electron chi connectivity index (χ2n) is 12.3. The Labute approximate surface area is 295 Å². The smallest absolute Gasteiger partial charge is 0.183 e. The van der Waals surface area contributed by atoms with Crippen molar-refractivity contribution in [3.8, 4) is 33.8 Å². The molecule has 0 unspecified atom stereocenters. The van der Waals surface area contributed by atoms with Crippen LogP contribution in [-0.2, 0) is 0 Å². The molecule has 0 spiro atoms. The Morgan fingerprint density at radius 1 is 0.627 bits per heavy atom. The third-order valence-electron chi connectivity index (χ3n) is 9.00. The zero-order valence-electron chi connectivity index (χ0n) is 28.6. The molecule has 0 aliphatic heterocycles. The van der Waals surface area contributed by atoms with E-state index in [0.29, 0.717) is 22.5 Å². The molecule has 6 aromatic carbocycles. The monoisotopic (exact) mass is 671 g/mol. The minimum atomic E-state index is -0.738. The molecule has 0 fully saturated rings. The Morgan fingerprint density at radius 2 is 1.25 bits per heavy atom. The van der Waals surface area contributed by atoms with E-state index in [9.17, 15) is 4.79 Å². The summed E-state index contributed by atoms with van der Waals surface area (Å²) in [5.74, 6) is 0.753. The van der Waals surface area contributed by atoms with Crippen LogP contribution in [-0.4, -0.2) is 36.0 Å². The molecule has 0 saturated carbocycles. The van der Waals surface area contributed by atoms with Gasteiger partial charge in [-0.3, -0.25) is 4.79 Å². The van der Waals surface area contributed by atoms with Crippen molar-refractivity contribution < 1.29 is 14.3 Å². The van der Waals surface area contributed by atoms with Gasteiger partial charge >= 0.3 is 0 Å². The number of nitrogen functional groups attached to an aromatic ring is 2. The lowest BCUT2D eigenvalue weighted by molar-refractivity contribution is 0.0970. The van der Waals surface area contributed by atoms with Gasteiger partial charge in [-0.25, -0.2) is 9.97 Å². The number of aromatic nitrogens is 2. The number of nitrogens with zero attached hydrogens (tertiary/aromatic N) is 2. The minimum absolute atomic E-state index is 0.230. The number of rotatable bonds is 6. The van der Waals surface area contributed by atoms with E-state index < -0.39 is 6.04 Å². The Bertz CT molecular complexity index is 2570. The number of anilines is 2. The molecule has 2 heterocycles. The molecule has 8 heteroatoms. The normalized spacial score (nSPS) is 11.7. The molecule has 0 aliphatic rings. The molecule has 0 aliphatic carbocycles. The molecule has 2 aromatic heterocycles. The van der Waals surface area contributed by atoms with Gasteiger partial charge in [-0.1, -0.05) is 91.0 Å². The first kappa shape index (κ1) is 33.0. The average Bonchev–Trinajstić information content (AvgIpc) is 3.16. The number of hydrogen-bond acceptors (Lipinski definition) is 8. The quantitative estimate of drug-likeness (QED) is 0.0905.